The highest BCUT2D eigenvalue weighted by molar-refractivity contribution is 7.26. The lowest BCUT2D eigenvalue weighted by Crippen LogP contribution is -2.10. The lowest BCUT2D eigenvalue weighted by atomic mass is 9.97. The van der Waals surface area contributed by atoms with Gasteiger partial charge in [-0.15, -0.1) is 11.3 Å². The average molecular weight is 769 g/mol. The van der Waals surface area contributed by atoms with Crippen LogP contribution in [0.4, 0.5) is 17.1 Å². The first-order valence-electron chi connectivity index (χ1n) is 20.2. The van der Waals surface area contributed by atoms with Gasteiger partial charge in [0.15, 0.2) is 0 Å². The van der Waals surface area contributed by atoms with Gasteiger partial charge in [0.2, 0.25) is 0 Å². The van der Waals surface area contributed by atoms with Crippen molar-refractivity contribution in [2.75, 3.05) is 4.90 Å². The number of hydrogen-bond donors (Lipinski definition) is 0. The van der Waals surface area contributed by atoms with Gasteiger partial charge in [-0.25, -0.2) is 0 Å². The van der Waals surface area contributed by atoms with Crippen molar-refractivity contribution in [3.8, 4) is 27.9 Å². The number of anilines is 3. The highest BCUT2D eigenvalue weighted by Crippen LogP contribution is 2.47. The Morgan fingerprint density at radius 3 is 1.78 bits per heavy atom. The summed E-state index contributed by atoms with van der Waals surface area (Å²) < 4.78 is 5.04. The normalized spacial score (nSPS) is 11.7. The Morgan fingerprint density at radius 2 is 0.949 bits per heavy atom. The van der Waals surface area contributed by atoms with E-state index in [1.54, 1.807) is 0 Å². The van der Waals surface area contributed by atoms with E-state index in [1.165, 1.54) is 91.5 Å². The second kappa shape index (κ2) is 13.6. The molecule has 0 aliphatic rings. The zero-order valence-electron chi connectivity index (χ0n) is 32.1. The molecule has 0 spiro atoms. The molecule has 3 heteroatoms. The van der Waals surface area contributed by atoms with Crippen LogP contribution in [0.15, 0.2) is 218 Å². The summed E-state index contributed by atoms with van der Waals surface area (Å²) in [5.74, 6) is 0. The van der Waals surface area contributed by atoms with Crippen molar-refractivity contribution in [2.24, 2.45) is 0 Å². The number of hydrogen-bond acceptors (Lipinski definition) is 2. The minimum atomic E-state index is 1.11. The number of para-hydroxylation sites is 2. The molecule has 0 atom stereocenters. The van der Waals surface area contributed by atoms with E-state index in [2.05, 4.69) is 228 Å². The topological polar surface area (TPSA) is 8.17 Å². The third kappa shape index (κ3) is 5.47. The van der Waals surface area contributed by atoms with Gasteiger partial charge < -0.3 is 9.47 Å². The molecular weight excluding hydrogens is 733 g/mol. The zero-order chi connectivity index (χ0) is 38.9. The Bertz CT molecular complexity index is 3550. The molecule has 0 saturated carbocycles. The molecule has 0 N–H and O–H groups in total. The number of fused-ring (bicyclic) bond motifs is 8. The van der Waals surface area contributed by atoms with Crippen molar-refractivity contribution in [2.45, 2.75) is 0 Å². The maximum Gasteiger partial charge on any atom is 0.0541 e. The molecule has 0 saturated heterocycles. The number of rotatable bonds is 6. The predicted molar refractivity (Wildman–Crippen MR) is 254 cm³/mol. The zero-order valence-corrected chi connectivity index (χ0v) is 32.9. The fraction of sp³-hybridized carbons (Fsp3) is 0. The maximum absolute atomic E-state index is 2.45. The van der Waals surface area contributed by atoms with E-state index in [4.69, 9.17) is 0 Å². The second-order valence-corrected chi connectivity index (χ2v) is 16.3. The van der Waals surface area contributed by atoms with Crippen LogP contribution in [0.25, 0.3) is 91.5 Å². The monoisotopic (exact) mass is 768 g/mol. The van der Waals surface area contributed by atoms with Crippen LogP contribution in [0.3, 0.4) is 0 Å². The van der Waals surface area contributed by atoms with Crippen molar-refractivity contribution in [3.05, 3.63) is 218 Å². The first kappa shape index (κ1) is 33.7. The Kier molecular flexibility index (Phi) is 7.75. The van der Waals surface area contributed by atoms with Crippen molar-refractivity contribution < 1.29 is 0 Å². The van der Waals surface area contributed by atoms with Crippen LogP contribution in [-0.4, -0.2) is 4.57 Å². The van der Waals surface area contributed by atoms with Crippen LogP contribution in [0.5, 0.6) is 0 Å². The second-order valence-electron chi connectivity index (χ2n) is 15.3. The smallest absolute Gasteiger partial charge is 0.0541 e. The van der Waals surface area contributed by atoms with Gasteiger partial charge in [-0.2, -0.15) is 0 Å². The van der Waals surface area contributed by atoms with Gasteiger partial charge in [-0.1, -0.05) is 152 Å². The lowest BCUT2D eigenvalue weighted by Gasteiger charge is -2.26. The summed E-state index contributed by atoms with van der Waals surface area (Å²) in [5.41, 5.74) is 11.8. The van der Waals surface area contributed by atoms with E-state index < -0.39 is 0 Å². The van der Waals surface area contributed by atoms with E-state index in [0.29, 0.717) is 0 Å². The number of nitrogens with zero attached hydrogens (tertiary/aromatic N) is 2. The van der Waals surface area contributed by atoms with Crippen LogP contribution in [-0.2, 0) is 0 Å². The van der Waals surface area contributed by atoms with Gasteiger partial charge in [0, 0.05) is 59.0 Å². The first-order chi connectivity index (χ1) is 29.3. The molecule has 0 bridgehead atoms. The minimum Gasteiger partial charge on any atom is -0.310 e. The summed E-state index contributed by atoms with van der Waals surface area (Å²) in [6.07, 6.45) is 0. The predicted octanol–water partition coefficient (Wildman–Crippen LogP) is 16.3. The van der Waals surface area contributed by atoms with Crippen molar-refractivity contribution >= 4 is 91.9 Å². The Balaban J connectivity index is 1.07. The molecule has 0 unspecified atom stereocenters. The molecular formula is C56H36N2S. The SMILES string of the molecule is c1ccc(N(c2ccc(-c3cccc4ccccc34)cc2)c2cc(-c3ccc4c(c3)c3ccccc3n4-c3cccc4ccccc34)c3sc4ccccc4c3c2)cc1. The number of aromatic nitrogens is 1. The fourth-order valence-electron chi connectivity index (χ4n) is 9.25. The van der Waals surface area contributed by atoms with Gasteiger partial charge >= 0.3 is 0 Å². The summed E-state index contributed by atoms with van der Waals surface area (Å²) in [6, 6.07) is 80.0. The summed E-state index contributed by atoms with van der Waals surface area (Å²) in [4.78, 5) is 2.41. The molecule has 10 aromatic carbocycles. The minimum absolute atomic E-state index is 1.11. The molecule has 12 aromatic rings. The van der Waals surface area contributed by atoms with Gasteiger partial charge in [0.1, 0.15) is 0 Å². The molecule has 2 nitrogen and oxygen atoms in total. The number of benzene rings is 10. The van der Waals surface area contributed by atoms with Gasteiger partial charge in [0.05, 0.1) is 16.7 Å². The van der Waals surface area contributed by atoms with E-state index in [9.17, 15) is 0 Å². The Labute approximate surface area is 346 Å². The molecule has 0 amide bonds. The highest BCUT2D eigenvalue weighted by Gasteiger charge is 2.21. The van der Waals surface area contributed by atoms with Gasteiger partial charge in [0.25, 0.3) is 0 Å². The molecule has 0 fully saturated rings. The highest BCUT2D eigenvalue weighted by atomic mass is 32.1. The van der Waals surface area contributed by atoms with E-state index in [-0.39, 0.29) is 0 Å². The molecule has 2 aromatic heterocycles. The summed E-state index contributed by atoms with van der Waals surface area (Å²) in [5, 5.41) is 10.0. The molecule has 0 aliphatic heterocycles. The van der Waals surface area contributed by atoms with Crippen LogP contribution >= 0.6 is 11.3 Å². The van der Waals surface area contributed by atoms with Gasteiger partial charge in [-0.3, -0.25) is 0 Å². The average Bonchev–Trinajstić information content (AvgIpc) is 3.84. The van der Waals surface area contributed by atoms with E-state index >= 15 is 0 Å². The summed E-state index contributed by atoms with van der Waals surface area (Å²) in [6.45, 7) is 0. The fourth-order valence-corrected chi connectivity index (χ4v) is 10.5. The van der Waals surface area contributed by atoms with Gasteiger partial charge in [-0.05, 0) is 99.6 Å². The lowest BCUT2D eigenvalue weighted by molar-refractivity contribution is 1.20. The molecule has 2 heterocycles. The number of thiophene rings is 1. The van der Waals surface area contributed by atoms with E-state index in [0.717, 1.165) is 17.1 Å². The van der Waals surface area contributed by atoms with Crippen LogP contribution < -0.4 is 4.90 Å². The largest absolute Gasteiger partial charge is 0.310 e. The van der Waals surface area contributed by atoms with E-state index in [1.807, 2.05) is 11.3 Å². The Hall–Kier alpha value is -7.46. The molecule has 12 rings (SSSR count). The molecule has 0 radical (unpaired) electrons. The standard InChI is InChI=1S/C56H36N2S/c1-2-18-41(19-3-1)57(42-31-28-39(29-32-42)45-24-12-16-37-14-4-6-20-44(37)45)43-35-49(56-51(36-43)48-23-9-11-27-55(48)59-56)40-30-33-54-50(34-40)47-22-8-10-25-53(47)58(54)52-26-13-17-38-15-5-7-21-46(38)52/h1-36H. The van der Waals surface area contributed by atoms with Crippen LogP contribution in [0, 0.1) is 0 Å². The van der Waals surface area contributed by atoms with Crippen molar-refractivity contribution in [1.29, 1.82) is 0 Å². The molecule has 59 heavy (non-hydrogen) atoms. The van der Waals surface area contributed by atoms with Crippen molar-refractivity contribution in [1.82, 2.24) is 4.57 Å². The maximum atomic E-state index is 2.45. The van der Waals surface area contributed by atoms with Crippen molar-refractivity contribution in [3.63, 3.8) is 0 Å². The molecule has 0 aliphatic carbocycles. The Morgan fingerprint density at radius 1 is 0.339 bits per heavy atom. The third-order valence-corrected chi connectivity index (χ3v) is 13.2. The molecule has 276 valence electrons. The summed E-state index contributed by atoms with van der Waals surface area (Å²) in [7, 11) is 0. The summed E-state index contributed by atoms with van der Waals surface area (Å²) >= 11 is 1.88. The van der Waals surface area contributed by atoms with Crippen LogP contribution in [0.2, 0.25) is 0 Å². The third-order valence-electron chi connectivity index (χ3n) is 12.0. The quantitative estimate of drug-likeness (QED) is 0.164. The van der Waals surface area contributed by atoms with Crippen LogP contribution in [0.1, 0.15) is 0 Å². The first-order valence-corrected chi connectivity index (χ1v) is 21.0.